The normalized spacial score (nSPS) is 11.4. The molecule has 0 fully saturated rings. The average Bonchev–Trinajstić information content (AvgIpc) is 2.52. The van der Waals surface area contributed by atoms with E-state index in [1.807, 2.05) is 38.1 Å². The van der Waals surface area contributed by atoms with Gasteiger partial charge in [0, 0.05) is 4.47 Å². The molecule has 23 heavy (non-hydrogen) atoms. The molecule has 0 amide bonds. The zero-order valence-corrected chi connectivity index (χ0v) is 15.8. The van der Waals surface area contributed by atoms with Crippen molar-refractivity contribution in [2.75, 3.05) is 6.61 Å². The molecule has 0 aliphatic heterocycles. The molecule has 1 aromatic rings. The fraction of sp³-hybridized carbons (Fsp3) is 0.556. The molecule has 0 saturated heterocycles. The van der Waals surface area contributed by atoms with Crippen molar-refractivity contribution in [1.29, 1.82) is 0 Å². The van der Waals surface area contributed by atoms with Gasteiger partial charge in [-0.25, -0.2) is 0 Å². The van der Waals surface area contributed by atoms with Crippen molar-refractivity contribution in [1.82, 2.24) is 0 Å². The van der Waals surface area contributed by atoms with Crippen molar-refractivity contribution in [2.24, 2.45) is 11.3 Å². The summed E-state index contributed by atoms with van der Waals surface area (Å²) in [6.07, 6.45) is 0.718. The van der Waals surface area contributed by atoms with Gasteiger partial charge in [-0.2, -0.15) is 0 Å². The molecule has 4 nitrogen and oxygen atoms in total. The van der Waals surface area contributed by atoms with Crippen LogP contribution in [0.25, 0.3) is 0 Å². The first-order chi connectivity index (χ1) is 10.9. The van der Waals surface area contributed by atoms with Crippen molar-refractivity contribution in [3.8, 4) is 0 Å². The zero-order valence-electron chi connectivity index (χ0n) is 14.2. The lowest BCUT2D eigenvalue weighted by molar-refractivity contribution is -0.174. The largest absolute Gasteiger partial charge is 0.465 e. The van der Waals surface area contributed by atoms with Gasteiger partial charge in [-0.15, -0.1) is 0 Å². The topological polar surface area (TPSA) is 52.6 Å². The molecule has 0 N–H and O–H groups in total. The number of hydrogen-bond acceptors (Lipinski definition) is 4. The summed E-state index contributed by atoms with van der Waals surface area (Å²) >= 11 is 3.38. The molecule has 0 radical (unpaired) electrons. The highest BCUT2D eigenvalue weighted by Crippen LogP contribution is 2.31. The number of ether oxygens (including phenoxy) is 2. The Bertz CT molecular complexity index is 536. The molecule has 1 aromatic carbocycles. The first-order valence-electron chi connectivity index (χ1n) is 7.94. The third-order valence-electron chi connectivity index (χ3n) is 3.80. The predicted octanol–water partition coefficient (Wildman–Crippen LogP) is 4.50. The van der Waals surface area contributed by atoms with E-state index in [1.54, 1.807) is 13.8 Å². The Morgan fingerprint density at radius 1 is 1.13 bits per heavy atom. The summed E-state index contributed by atoms with van der Waals surface area (Å²) in [4.78, 5) is 24.9. The Morgan fingerprint density at radius 2 is 1.74 bits per heavy atom. The molecule has 128 valence electrons. The summed E-state index contributed by atoms with van der Waals surface area (Å²) in [6.45, 7) is 7.97. The maximum absolute atomic E-state index is 12.5. The van der Waals surface area contributed by atoms with E-state index in [1.165, 1.54) is 0 Å². The Balaban J connectivity index is 2.78. The van der Waals surface area contributed by atoms with Crippen LogP contribution in [0.1, 0.15) is 46.1 Å². The van der Waals surface area contributed by atoms with Crippen molar-refractivity contribution in [3.05, 3.63) is 34.3 Å². The van der Waals surface area contributed by atoms with Crippen LogP contribution in [0.3, 0.4) is 0 Å². The maximum Gasteiger partial charge on any atom is 0.323 e. The van der Waals surface area contributed by atoms with Gasteiger partial charge in [0.25, 0.3) is 0 Å². The first-order valence-corrected chi connectivity index (χ1v) is 8.74. The number of rotatable bonds is 8. The summed E-state index contributed by atoms with van der Waals surface area (Å²) in [6, 6.07) is 7.52. The number of benzene rings is 1. The lowest BCUT2D eigenvalue weighted by Gasteiger charge is -2.27. The fourth-order valence-corrected chi connectivity index (χ4v) is 2.65. The molecule has 0 saturated carbocycles. The molecule has 0 atom stereocenters. The van der Waals surface area contributed by atoms with Gasteiger partial charge in [0.2, 0.25) is 0 Å². The number of carbonyl (C=O) groups is 2. The van der Waals surface area contributed by atoms with E-state index in [0.717, 1.165) is 10.0 Å². The number of carbonyl (C=O) groups excluding carboxylic acids is 2. The van der Waals surface area contributed by atoms with Crippen LogP contribution in [-0.2, 0) is 25.7 Å². The van der Waals surface area contributed by atoms with Crippen LogP contribution >= 0.6 is 15.9 Å². The summed E-state index contributed by atoms with van der Waals surface area (Å²) in [5.41, 5.74) is -0.356. The Morgan fingerprint density at radius 3 is 2.26 bits per heavy atom. The van der Waals surface area contributed by atoms with Crippen LogP contribution in [0.2, 0.25) is 0 Å². The standard InChI is InChI=1S/C18H25BrO4/c1-5-18(6-2,16(20)22-11-13(3)4)17(21)23-12-14-8-7-9-15(19)10-14/h7-10,13H,5-6,11-12H2,1-4H3. The molecule has 1 rings (SSSR count). The quantitative estimate of drug-likeness (QED) is 0.489. The van der Waals surface area contributed by atoms with Crippen molar-refractivity contribution >= 4 is 27.9 Å². The van der Waals surface area contributed by atoms with E-state index in [-0.39, 0.29) is 12.5 Å². The second kappa shape index (κ2) is 9.06. The molecule has 0 aliphatic carbocycles. The minimum absolute atomic E-state index is 0.136. The lowest BCUT2D eigenvalue weighted by Crippen LogP contribution is -2.41. The van der Waals surface area contributed by atoms with Crippen molar-refractivity contribution in [3.63, 3.8) is 0 Å². The highest BCUT2D eigenvalue weighted by molar-refractivity contribution is 9.10. The summed E-state index contributed by atoms with van der Waals surface area (Å²) in [5.74, 6) is -0.783. The van der Waals surface area contributed by atoms with Crippen molar-refractivity contribution in [2.45, 2.75) is 47.1 Å². The molecule has 0 aromatic heterocycles. The van der Waals surface area contributed by atoms with Crippen molar-refractivity contribution < 1.29 is 19.1 Å². The lowest BCUT2D eigenvalue weighted by atomic mass is 9.82. The molecule has 0 unspecified atom stereocenters. The second-order valence-electron chi connectivity index (χ2n) is 5.99. The Hall–Kier alpha value is -1.36. The van der Waals surface area contributed by atoms with Crippen LogP contribution in [0.5, 0.6) is 0 Å². The molecule has 0 heterocycles. The maximum atomic E-state index is 12.5. The van der Waals surface area contributed by atoms with Crippen LogP contribution in [0.4, 0.5) is 0 Å². The van der Waals surface area contributed by atoms with E-state index in [0.29, 0.717) is 19.4 Å². The third kappa shape index (κ3) is 5.34. The summed E-state index contributed by atoms with van der Waals surface area (Å²) < 4.78 is 11.6. The molecular formula is C18H25BrO4. The molecular weight excluding hydrogens is 360 g/mol. The van der Waals surface area contributed by atoms with Gasteiger partial charge in [-0.1, -0.05) is 55.8 Å². The van der Waals surface area contributed by atoms with Gasteiger partial charge in [0.05, 0.1) is 6.61 Å². The van der Waals surface area contributed by atoms with E-state index < -0.39 is 17.4 Å². The van der Waals surface area contributed by atoms with E-state index in [2.05, 4.69) is 15.9 Å². The van der Waals surface area contributed by atoms with Crippen LogP contribution < -0.4 is 0 Å². The third-order valence-corrected chi connectivity index (χ3v) is 4.29. The summed E-state index contributed by atoms with van der Waals surface area (Å²) in [5, 5.41) is 0. The van der Waals surface area contributed by atoms with Gasteiger partial charge in [-0.05, 0) is 36.5 Å². The predicted molar refractivity (Wildman–Crippen MR) is 92.8 cm³/mol. The molecule has 0 bridgehead atoms. The van der Waals surface area contributed by atoms with Gasteiger partial charge < -0.3 is 9.47 Å². The highest BCUT2D eigenvalue weighted by Gasteiger charge is 2.46. The fourth-order valence-electron chi connectivity index (χ4n) is 2.20. The van der Waals surface area contributed by atoms with Gasteiger partial charge >= 0.3 is 11.9 Å². The van der Waals surface area contributed by atoms with Crippen LogP contribution in [0.15, 0.2) is 28.7 Å². The minimum atomic E-state index is -1.22. The molecule has 0 aliphatic rings. The zero-order chi connectivity index (χ0) is 17.5. The smallest absolute Gasteiger partial charge is 0.323 e. The van der Waals surface area contributed by atoms with E-state index in [4.69, 9.17) is 9.47 Å². The van der Waals surface area contributed by atoms with Crippen LogP contribution in [-0.4, -0.2) is 18.5 Å². The molecule has 5 heteroatoms. The molecule has 0 spiro atoms. The highest BCUT2D eigenvalue weighted by atomic mass is 79.9. The van der Waals surface area contributed by atoms with Gasteiger partial charge in [0.1, 0.15) is 6.61 Å². The SMILES string of the molecule is CCC(CC)(C(=O)OCc1cccc(Br)c1)C(=O)OCC(C)C. The number of hydrogen-bond donors (Lipinski definition) is 0. The first kappa shape index (κ1) is 19.7. The average molecular weight is 385 g/mol. The Kier molecular flexibility index (Phi) is 7.76. The van der Waals surface area contributed by atoms with Gasteiger partial charge in [0.15, 0.2) is 5.41 Å². The number of halogens is 1. The van der Waals surface area contributed by atoms with E-state index >= 15 is 0 Å². The Labute approximate surface area is 146 Å². The number of esters is 2. The summed E-state index contributed by atoms with van der Waals surface area (Å²) in [7, 11) is 0. The second-order valence-corrected chi connectivity index (χ2v) is 6.90. The monoisotopic (exact) mass is 384 g/mol. The van der Waals surface area contributed by atoms with Crippen LogP contribution in [0, 0.1) is 11.3 Å². The minimum Gasteiger partial charge on any atom is -0.465 e. The van der Waals surface area contributed by atoms with E-state index in [9.17, 15) is 9.59 Å². The van der Waals surface area contributed by atoms with Gasteiger partial charge in [-0.3, -0.25) is 9.59 Å².